The highest BCUT2D eigenvalue weighted by atomic mass is 19.1. The molecule has 0 bridgehead atoms. The predicted molar refractivity (Wildman–Crippen MR) is 114 cm³/mol. The highest BCUT2D eigenvalue weighted by Gasteiger charge is 2.22. The van der Waals surface area contributed by atoms with E-state index >= 15 is 0 Å². The van der Waals surface area contributed by atoms with Crippen molar-refractivity contribution in [2.75, 3.05) is 31.6 Å². The van der Waals surface area contributed by atoms with Crippen molar-refractivity contribution in [1.82, 2.24) is 19.7 Å². The minimum Gasteiger partial charge on any atom is -0.490 e. The van der Waals surface area contributed by atoms with Crippen molar-refractivity contribution in [3.8, 4) is 11.4 Å². The summed E-state index contributed by atoms with van der Waals surface area (Å²) in [5, 5.41) is 7.49. The molecule has 1 fully saturated rings. The average Bonchev–Trinajstić information content (AvgIpc) is 3.22. The number of morpholine rings is 1. The molecule has 162 valence electrons. The normalized spacial score (nSPS) is 14.0. The zero-order valence-electron chi connectivity index (χ0n) is 17.4. The number of ether oxygens (including phenoxy) is 2. The van der Waals surface area contributed by atoms with Crippen molar-refractivity contribution in [3.05, 3.63) is 60.2 Å². The molecule has 1 aromatic heterocycles. The van der Waals surface area contributed by atoms with Gasteiger partial charge in [0.1, 0.15) is 17.9 Å². The van der Waals surface area contributed by atoms with Crippen LogP contribution < -0.4 is 10.1 Å². The summed E-state index contributed by atoms with van der Waals surface area (Å²) in [5.41, 5.74) is 1.88. The monoisotopic (exact) mass is 425 g/mol. The topological polar surface area (TPSA) is 81.5 Å². The number of nitrogens with zero attached hydrogens (tertiary/aromatic N) is 4. The number of halogens is 1. The molecule has 0 radical (unpaired) electrons. The number of rotatable bonds is 6. The summed E-state index contributed by atoms with van der Waals surface area (Å²) >= 11 is 0. The number of anilines is 2. The van der Waals surface area contributed by atoms with Crippen molar-refractivity contribution >= 4 is 17.5 Å². The summed E-state index contributed by atoms with van der Waals surface area (Å²) in [6.45, 7) is 6.02. The first kappa shape index (κ1) is 20.8. The number of hydrogen-bond donors (Lipinski definition) is 1. The van der Waals surface area contributed by atoms with Crippen LogP contribution in [0.15, 0.2) is 48.8 Å². The molecular weight excluding hydrogens is 401 g/mol. The van der Waals surface area contributed by atoms with E-state index in [1.54, 1.807) is 39.9 Å². The van der Waals surface area contributed by atoms with E-state index in [4.69, 9.17) is 9.47 Å². The van der Waals surface area contributed by atoms with Gasteiger partial charge in [-0.3, -0.25) is 4.79 Å². The van der Waals surface area contributed by atoms with Gasteiger partial charge in [0.15, 0.2) is 0 Å². The number of carbonyl (C=O) groups excluding carboxylic acids is 1. The van der Waals surface area contributed by atoms with Crippen molar-refractivity contribution in [1.29, 1.82) is 0 Å². The van der Waals surface area contributed by atoms with Crippen LogP contribution in [0.1, 0.15) is 24.2 Å². The van der Waals surface area contributed by atoms with Gasteiger partial charge in [-0.2, -0.15) is 4.98 Å². The zero-order valence-corrected chi connectivity index (χ0v) is 17.4. The van der Waals surface area contributed by atoms with E-state index < -0.39 is 0 Å². The lowest BCUT2D eigenvalue weighted by molar-refractivity contribution is 0.0299. The molecule has 2 heterocycles. The molecular formula is C22H24FN5O3. The largest absolute Gasteiger partial charge is 0.490 e. The van der Waals surface area contributed by atoms with E-state index in [-0.39, 0.29) is 17.8 Å². The van der Waals surface area contributed by atoms with Crippen LogP contribution in [-0.4, -0.2) is 58.0 Å². The molecule has 31 heavy (non-hydrogen) atoms. The summed E-state index contributed by atoms with van der Waals surface area (Å²) < 4.78 is 25.9. The summed E-state index contributed by atoms with van der Waals surface area (Å²) in [5.74, 6) is 0.470. The van der Waals surface area contributed by atoms with Gasteiger partial charge in [-0.1, -0.05) is 0 Å². The molecule has 9 heteroatoms. The molecule has 8 nitrogen and oxygen atoms in total. The quantitative estimate of drug-likeness (QED) is 0.652. The Labute approximate surface area is 179 Å². The molecule has 0 atom stereocenters. The fourth-order valence-electron chi connectivity index (χ4n) is 3.23. The minimum atomic E-state index is -0.313. The van der Waals surface area contributed by atoms with E-state index in [0.717, 1.165) is 0 Å². The van der Waals surface area contributed by atoms with Gasteiger partial charge in [0.05, 0.1) is 30.6 Å². The first-order valence-corrected chi connectivity index (χ1v) is 10.1. The number of hydrogen-bond acceptors (Lipinski definition) is 6. The molecule has 3 aromatic rings. The lowest BCUT2D eigenvalue weighted by atomic mass is 10.1. The standard InChI is InChI=1S/C22H24FN5O3/c1-15(2)31-20-13-17(5-8-19(20)21(29)27-9-11-30-12-10-27)25-22-24-14-28(26-22)18-6-3-16(23)4-7-18/h3-8,13-15H,9-12H2,1-2H3,(H,25,26). The van der Waals surface area contributed by atoms with E-state index in [9.17, 15) is 9.18 Å². The number of carbonyl (C=O) groups is 1. The molecule has 1 saturated heterocycles. The maximum absolute atomic E-state index is 13.1. The second-order valence-corrected chi connectivity index (χ2v) is 7.40. The molecule has 4 rings (SSSR count). The molecule has 2 aromatic carbocycles. The Hall–Kier alpha value is -3.46. The van der Waals surface area contributed by atoms with Crippen molar-refractivity contribution in [3.63, 3.8) is 0 Å². The van der Waals surface area contributed by atoms with Gasteiger partial charge in [0.2, 0.25) is 5.95 Å². The number of aromatic nitrogens is 3. The van der Waals surface area contributed by atoms with Crippen molar-refractivity contribution in [2.24, 2.45) is 0 Å². The Morgan fingerprint density at radius 3 is 2.61 bits per heavy atom. The first-order valence-electron chi connectivity index (χ1n) is 10.1. The third-order valence-corrected chi connectivity index (χ3v) is 4.71. The van der Waals surface area contributed by atoms with E-state index in [1.807, 2.05) is 13.8 Å². The summed E-state index contributed by atoms with van der Waals surface area (Å²) in [4.78, 5) is 19.0. The Morgan fingerprint density at radius 2 is 1.90 bits per heavy atom. The minimum absolute atomic E-state index is 0.0794. The van der Waals surface area contributed by atoms with Crippen molar-refractivity contribution in [2.45, 2.75) is 20.0 Å². The second-order valence-electron chi connectivity index (χ2n) is 7.40. The summed E-state index contributed by atoms with van der Waals surface area (Å²) in [7, 11) is 0. The van der Waals surface area contributed by atoms with Crippen LogP contribution >= 0.6 is 0 Å². The van der Waals surface area contributed by atoms with Crippen LogP contribution in [0.3, 0.4) is 0 Å². The van der Waals surface area contributed by atoms with Crippen LogP contribution in [0.5, 0.6) is 5.75 Å². The average molecular weight is 425 g/mol. The van der Waals surface area contributed by atoms with E-state index in [0.29, 0.717) is 54.9 Å². The van der Waals surface area contributed by atoms with Gasteiger partial charge in [-0.25, -0.2) is 9.07 Å². The Bertz CT molecular complexity index is 1050. The summed E-state index contributed by atoms with van der Waals surface area (Å²) in [6.07, 6.45) is 1.44. The Kier molecular flexibility index (Phi) is 6.13. The SMILES string of the molecule is CC(C)Oc1cc(Nc2ncn(-c3ccc(F)cc3)n2)ccc1C(=O)N1CCOCC1. The first-order chi connectivity index (χ1) is 15.0. The maximum Gasteiger partial charge on any atom is 0.257 e. The van der Waals surface area contributed by atoms with Gasteiger partial charge >= 0.3 is 0 Å². The van der Waals surface area contributed by atoms with Crippen LogP contribution in [0.25, 0.3) is 5.69 Å². The Morgan fingerprint density at radius 1 is 1.16 bits per heavy atom. The Balaban J connectivity index is 1.55. The van der Waals surface area contributed by atoms with Crippen LogP contribution in [0, 0.1) is 5.82 Å². The number of benzene rings is 2. The third kappa shape index (κ3) is 5.00. The maximum atomic E-state index is 13.1. The third-order valence-electron chi connectivity index (χ3n) is 4.71. The molecule has 1 aliphatic rings. The van der Waals surface area contributed by atoms with Crippen LogP contribution in [-0.2, 0) is 4.74 Å². The van der Waals surface area contributed by atoms with Gasteiger partial charge < -0.3 is 19.7 Å². The van der Waals surface area contributed by atoms with E-state index in [2.05, 4.69) is 15.4 Å². The molecule has 0 unspecified atom stereocenters. The molecule has 1 N–H and O–H groups in total. The highest BCUT2D eigenvalue weighted by Crippen LogP contribution is 2.27. The molecule has 0 saturated carbocycles. The van der Waals surface area contributed by atoms with Gasteiger partial charge in [-0.15, -0.1) is 5.10 Å². The smallest absolute Gasteiger partial charge is 0.257 e. The zero-order chi connectivity index (χ0) is 21.8. The lowest BCUT2D eigenvalue weighted by Gasteiger charge is -2.28. The van der Waals surface area contributed by atoms with Crippen LogP contribution in [0.2, 0.25) is 0 Å². The summed E-state index contributed by atoms with van der Waals surface area (Å²) in [6, 6.07) is 11.3. The fraction of sp³-hybridized carbons (Fsp3) is 0.318. The van der Waals surface area contributed by atoms with Gasteiger partial charge in [-0.05, 0) is 50.2 Å². The number of amides is 1. The fourth-order valence-corrected chi connectivity index (χ4v) is 3.23. The number of nitrogens with one attached hydrogen (secondary N) is 1. The molecule has 0 spiro atoms. The highest BCUT2D eigenvalue weighted by molar-refractivity contribution is 5.97. The predicted octanol–water partition coefficient (Wildman–Crippen LogP) is 3.41. The van der Waals surface area contributed by atoms with Gasteiger partial charge in [0, 0.05) is 24.8 Å². The molecule has 0 aliphatic carbocycles. The van der Waals surface area contributed by atoms with Crippen molar-refractivity contribution < 1.29 is 18.7 Å². The van der Waals surface area contributed by atoms with Gasteiger partial charge in [0.25, 0.3) is 5.91 Å². The molecule has 1 amide bonds. The van der Waals surface area contributed by atoms with Crippen LogP contribution in [0.4, 0.5) is 16.0 Å². The second kappa shape index (κ2) is 9.13. The molecule has 1 aliphatic heterocycles. The van der Waals surface area contributed by atoms with E-state index in [1.165, 1.54) is 18.5 Å². The lowest BCUT2D eigenvalue weighted by Crippen LogP contribution is -2.40.